The van der Waals surface area contributed by atoms with E-state index in [-0.39, 0.29) is 28.7 Å². The van der Waals surface area contributed by atoms with Crippen LogP contribution in [0.4, 0.5) is 15.3 Å². The maximum absolute atomic E-state index is 14.5. The third-order valence-electron chi connectivity index (χ3n) is 11.3. The van der Waals surface area contributed by atoms with Gasteiger partial charge in [0.1, 0.15) is 23.8 Å². The van der Waals surface area contributed by atoms with Crippen LogP contribution in [-0.4, -0.2) is 98.5 Å². The fourth-order valence-corrected chi connectivity index (χ4v) is 10.2. The molecule has 4 aliphatic heterocycles. The number of halogens is 1. The molecule has 4 fully saturated rings. The first-order chi connectivity index (χ1) is 22.2. The average molecular weight is 649 g/mol. The number of nitrogen functional groups attached to an aromatic ring is 1. The summed E-state index contributed by atoms with van der Waals surface area (Å²) >= 11 is 1.47. The number of thiophene rings is 1. The predicted molar refractivity (Wildman–Crippen MR) is 171 cm³/mol. The van der Waals surface area contributed by atoms with Gasteiger partial charge in [0, 0.05) is 43.0 Å². The molecule has 2 N–H and O–H groups in total. The molecule has 12 nitrogen and oxygen atoms in total. The smallest absolute Gasteiger partial charge is 0.321 e. The fourth-order valence-electron chi connectivity index (χ4n) is 9.02. The molecule has 0 bridgehead atoms. The molecule has 14 heteroatoms. The first kappa shape index (κ1) is 30.0. The highest BCUT2D eigenvalue weighted by atomic mass is 32.1. The van der Waals surface area contributed by atoms with Crippen molar-refractivity contribution in [3.05, 3.63) is 21.9 Å². The van der Waals surface area contributed by atoms with E-state index in [4.69, 9.17) is 34.9 Å². The molecule has 46 heavy (non-hydrogen) atoms. The van der Waals surface area contributed by atoms with Crippen molar-refractivity contribution >= 4 is 22.3 Å². The molecule has 1 aliphatic carbocycles. The van der Waals surface area contributed by atoms with Crippen molar-refractivity contribution in [3.63, 3.8) is 0 Å². The minimum absolute atomic E-state index is 0.0578. The number of ether oxygens (including phenoxy) is 1. The molecule has 0 aromatic carbocycles. The quantitative estimate of drug-likeness (QED) is 0.411. The predicted octanol–water partition coefficient (Wildman–Crippen LogP) is 4.10. The van der Waals surface area contributed by atoms with E-state index in [2.05, 4.69) is 33.0 Å². The summed E-state index contributed by atoms with van der Waals surface area (Å²) in [5, 5.41) is 14.9. The van der Waals surface area contributed by atoms with E-state index < -0.39 is 11.6 Å². The van der Waals surface area contributed by atoms with Gasteiger partial charge in [0.2, 0.25) is 23.5 Å². The number of hydrogen-bond acceptors (Lipinski definition) is 13. The Kier molecular flexibility index (Phi) is 7.22. The molecule has 3 aromatic rings. The van der Waals surface area contributed by atoms with E-state index in [0.717, 1.165) is 88.0 Å². The van der Waals surface area contributed by atoms with E-state index in [9.17, 15) is 9.65 Å². The number of likely N-dealkylation sites (N-methyl/N-ethyl adjacent to an activating group) is 1. The van der Waals surface area contributed by atoms with Crippen molar-refractivity contribution in [2.75, 3.05) is 57.0 Å². The summed E-state index contributed by atoms with van der Waals surface area (Å²) in [5.41, 5.74) is 6.60. The highest BCUT2D eigenvalue weighted by Crippen LogP contribution is 2.49. The van der Waals surface area contributed by atoms with E-state index in [1.165, 1.54) is 17.8 Å². The molecule has 0 amide bonds. The van der Waals surface area contributed by atoms with Gasteiger partial charge >= 0.3 is 6.01 Å². The largest absolute Gasteiger partial charge is 0.461 e. The SMILES string of the molecule is CN1CCC2(CCCCN2c2nc(OC[C@@]34CCCN3C[C@H](F)C4)nc(-c3noc([C@@]4(C)CCCc5sc(N)c(C#N)c54)n3)n2)C1. The van der Waals surface area contributed by atoms with Crippen LogP contribution in [0.2, 0.25) is 0 Å². The van der Waals surface area contributed by atoms with Gasteiger partial charge in [-0.25, -0.2) is 4.39 Å². The monoisotopic (exact) mass is 648 g/mol. The number of aromatic nitrogens is 5. The number of anilines is 2. The zero-order valence-corrected chi connectivity index (χ0v) is 27.4. The first-order valence-corrected chi connectivity index (χ1v) is 17.4. The van der Waals surface area contributed by atoms with Crippen LogP contribution in [-0.2, 0) is 11.8 Å². The van der Waals surface area contributed by atoms with Crippen LogP contribution in [0.1, 0.15) is 86.6 Å². The molecular formula is C32H41FN10O2S. The highest BCUT2D eigenvalue weighted by molar-refractivity contribution is 7.16. The van der Waals surface area contributed by atoms with E-state index in [1.54, 1.807) is 0 Å². The van der Waals surface area contributed by atoms with Gasteiger partial charge in [0.05, 0.1) is 22.1 Å². The Balaban J connectivity index is 1.17. The van der Waals surface area contributed by atoms with Crippen LogP contribution in [0.15, 0.2) is 4.52 Å². The number of likely N-dealkylation sites (tertiary alicyclic amines) is 1. The second kappa shape index (κ2) is 11.1. The fraction of sp³-hybridized carbons (Fsp3) is 0.688. The van der Waals surface area contributed by atoms with Gasteiger partial charge in [-0.05, 0) is 78.3 Å². The highest BCUT2D eigenvalue weighted by Gasteiger charge is 2.50. The summed E-state index contributed by atoms with van der Waals surface area (Å²) in [6, 6.07) is 2.51. The average Bonchev–Trinajstić information content (AvgIpc) is 3.86. The minimum atomic E-state index is -0.847. The summed E-state index contributed by atoms with van der Waals surface area (Å²) in [6.07, 6.45) is 8.41. The van der Waals surface area contributed by atoms with Crippen molar-refractivity contribution in [3.8, 4) is 23.7 Å². The van der Waals surface area contributed by atoms with Gasteiger partial charge in [-0.3, -0.25) is 4.90 Å². The van der Waals surface area contributed by atoms with Gasteiger partial charge in [0.25, 0.3) is 0 Å². The number of nitriles is 1. The lowest BCUT2D eigenvalue weighted by Gasteiger charge is -2.45. The van der Waals surface area contributed by atoms with Gasteiger partial charge in [0.15, 0.2) is 0 Å². The number of piperidine rings is 1. The number of nitrogens with zero attached hydrogens (tertiary/aromatic N) is 9. The molecule has 244 valence electrons. The van der Waals surface area contributed by atoms with E-state index in [0.29, 0.717) is 42.0 Å². The Labute approximate surface area is 272 Å². The minimum Gasteiger partial charge on any atom is -0.461 e. The van der Waals surface area contributed by atoms with Gasteiger partial charge in [-0.15, -0.1) is 11.3 Å². The molecule has 1 unspecified atom stereocenters. The summed E-state index contributed by atoms with van der Waals surface area (Å²) in [5.74, 6) is 1.50. The molecule has 4 atom stereocenters. The summed E-state index contributed by atoms with van der Waals surface area (Å²) in [6.45, 7) is 6.51. The molecule has 5 aliphatic rings. The van der Waals surface area contributed by atoms with Crippen LogP contribution in [0.3, 0.4) is 0 Å². The Morgan fingerprint density at radius 2 is 1.96 bits per heavy atom. The lowest BCUT2D eigenvalue weighted by Crippen LogP contribution is -2.54. The van der Waals surface area contributed by atoms with E-state index in [1.807, 2.05) is 6.92 Å². The molecule has 7 heterocycles. The van der Waals surface area contributed by atoms with Gasteiger partial charge < -0.3 is 24.8 Å². The second-order valence-corrected chi connectivity index (χ2v) is 15.4. The standard InChI is InChI=1S/C32H41FN10O2S/c1-30(8-5-7-22-23(30)21(16-34)24(35)46-22)27-36-26(40-45-27)25-37-28(43-13-4-3-9-31(43)11-14-41(2)18-31)39-29(38-25)44-19-32-10-6-12-42(32)17-20(33)15-32/h20H,3-15,17-19,35H2,1-2H3/t20-,30+,31?,32+/m1/s1. The third kappa shape index (κ3) is 4.76. The molecule has 0 saturated carbocycles. The zero-order valence-electron chi connectivity index (χ0n) is 26.6. The maximum Gasteiger partial charge on any atom is 0.321 e. The second-order valence-electron chi connectivity index (χ2n) is 14.3. The number of fused-ring (bicyclic) bond motifs is 2. The molecular weight excluding hydrogens is 607 g/mol. The number of nitrogens with two attached hydrogens (primary N) is 1. The molecule has 1 spiro atoms. The maximum atomic E-state index is 14.5. The summed E-state index contributed by atoms with van der Waals surface area (Å²) in [7, 11) is 2.16. The van der Waals surface area contributed by atoms with Crippen molar-refractivity contribution < 1.29 is 13.7 Å². The van der Waals surface area contributed by atoms with Crippen LogP contribution in [0.5, 0.6) is 6.01 Å². The Bertz CT molecular complexity index is 1690. The first-order valence-electron chi connectivity index (χ1n) is 16.6. The van der Waals surface area contributed by atoms with Crippen molar-refractivity contribution in [1.82, 2.24) is 34.9 Å². The van der Waals surface area contributed by atoms with Crippen molar-refractivity contribution in [2.45, 2.75) is 93.8 Å². The molecule has 3 aromatic heterocycles. The van der Waals surface area contributed by atoms with Crippen LogP contribution in [0.25, 0.3) is 11.6 Å². The number of rotatable bonds is 6. The lowest BCUT2D eigenvalue weighted by atomic mass is 9.72. The number of hydrogen-bond donors (Lipinski definition) is 1. The van der Waals surface area contributed by atoms with Crippen LogP contribution >= 0.6 is 11.3 Å². The van der Waals surface area contributed by atoms with E-state index >= 15 is 0 Å². The summed E-state index contributed by atoms with van der Waals surface area (Å²) < 4.78 is 26.9. The van der Waals surface area contributed by atoms with Crippen molar-refractivity contribution in [1.29, 1.82) is 5.26 Å². The third-order valence-corrected chi connectivity index (χ3v) is 12.4. The number of alkyl halides is 1. The van der Waals surface area contributed by atoms with Crippen LogP contribution < -0.4 is 15.4 Å². The topological polar surface area (TPSA) is 146 Å². The van der Waals surface area contributed by atoms with Gasteiger partial charge in [-0.1, -0.05) is 5.16 Å². The Morgan fingerprint density at radius 3 is 2.78 bits per heavy atom. The number of aryl methyl sites for hydroxylation is 1. The van der Waals surface area contributed by atoms with Gasteiger partial charge in [-0.2, -0.15) is 25.2 Å². The molecule has 0 radical (unpaired) electrons. The molecule has 4 saturated heterocycles. The lowest BCUT2D eigenvalue weighted by molar-refractivity contribution is 0.107. The zero-order chi connectivity index (χ0) is 31.7. The Morgan fingerprint density at radius 1 is 1.07 bits per heavy atom. The van der Waals surface area contributed by atoms with Crippen molar-refractivity contribution in [2.24, 2.45) is 0 Å². The Hall–Kier alpha value is -3.41. The normalized spacial score (nSPS) is 31.3. The molecule has 8 rings (SSSR count). The summed E-state index contributed by atoms with van der Waals surface area (Å²) in [4.78, 5) is 27.5. The van der Waals surface area contributed by atoms with Crippen LogP contribution in [0, 0.1) is 11.3 Å².